The average Bonchev–Trinajstić information content (AvgIpc) is 2.48. The number of thiol groups is 2. The van der Waals surface area contributed by atoms with Crippen molar-refractivity contribution in [3.8, 4) is 0 Å². The zero-order valence-corrected chi connectivity index (χ0v) is 14.8. The maximum Gasteiger partial charge on any atom is 0.244 e. The summed E-state index contributed by atoms with van der Waals surface area (Å²) in [5.74, 6) is 0.490. The van der Waals surface area contributed by atoms with E-state index in [2.05, 4.69) is 35.9 Å². The maximum absolute atomic E-state index is 11.6. The van der Waals surface area contributed by atoms with Crippen molar-refractivity contribution in [2.45, 2.75) is 44.3 Å². The summed E-state index contributed by atoms with van der Waals surface area (Å²) in [5, 5.41) is 5.70. The molecule has 1 atom stereocenters. The maximum atomic E-state index is 11.6. The van der Waals surface area contributed by atoms with E-state index < -0.39 is 0 Å². The zero-order valence-electron chi connectivity index (χ0n) is 13.0. The minimum atomic E-state index is -0.331. The molecule has 0 saturated carbocycles. The number of amides is 2. The van der Waals surface area contributed by atoms with Gasteiger partial charge in [-0.1, -0.05) is 6.42 Å². The number of carbonyl (C=O) groups excluding carboxylic acids is 3. The molecule has 0 aromatic heterocycles. The summed E-state index contributed by atoms with van der Waals surface area (Å²) >= 11 is 8.60. The van der Waals surface area contributed by atoms with E-state index in [0.717, 1.165) is 31.4 Å². The van der Waals surface area contributed by atoms with Crippen LogP contribution in [-0.2, 0) is 14.4 Å². The molecule has 2 N–H and O–H groups in total. The standard InChI is InChI=1S/C15H26N2O3S2/c1-12(11-18)10-15(20)17-8-7-16-14(19)5-3-2-4-13(22)6-9-21/h10-11,13,21-22H,2-9H2,1H3,(H,16,19)(H,17,20)/b12-10+. The fourth-order valence-corrected chi connectivity index (χ4v) is 2.55. The van der Waals surface area contributed by atoms with Crippen LogP contribution in [0.5, 0.6) is 0 Å². The van der Waals surface area contributed by atoms with Gasteiger partial charge in [-0.3, -0.25) is 14.4 Å². The fourth-order valence-electron chi connectivity index (χ4n) is 1.73. The van der Waals surface area contributed by atoms with Crippen molar-refractivity contribution >= 4 is 43.4 Å². The van der Waals surface area contributed by atoms with Crippen molar-refractivity contribution in [2.75, 3.05) is 18.8 Å². The van der Waals surface area contributed by atoms with Crippen LogP contribution in [0, 0.1) is 0 Å². The van der Waals surface area contributed by atoms with Gasteiger partial charge in [0.1, 0.15) is 6.29 Å². The summed E-state index contributed by atoms with van der Waals surface area (Å²) in [7, 11) is 0. The second-order valence-electron chi connectivity index (χ2n) is 5.06. The number of aldehydes is 1. The Hall–Kier alpha value is -0.950. The Balaban J connectivity index is 3.58. The third kappa shape index (κ3) is 12.8. The monoisotopic (exact) mass is 346 g/mol. The highest BCUT2D eigenvalue weighted by atomic mass is 32.1. The Labute approximate surface area is 143 Å². The molecule has 7 heteroatoms. The first-order valence-corrected chi connectivity index (χ1v) is 8.61. The van der Waals surface area contributed by atoms with Crippen LogP contribution in [0.25, 0.3) is 0 Å². The molecule has 0 radical (unpaired) electrons. The largest absolute Gasteiger partial charge is 0.354 e. The topological polar surface area (TPSA) is 75.3 Å². The first kappa shape index (κ1) is 21.0. The van der Waals surface area contributed by atoms with Crippen LogP contribution in [-0.4, -0.2) is 42.2 Å². The van der Waals surface area contributed by atoms with Gasteiger partial charge in [-0.25, -0.2) is 0 Å². The van der Waals surface area contributed by atoms with Crippen LogP contribution >= 0.6 is 25.3 Å². The molecule has 0 aromatic carbocycles. The van der Waals surface area contributed by atoms with Crippen LogP contribution in [0.4, 0.5) is 0 Å². The first-order valence-electron chi connectivity index (χ1n) is 7.46. The first-order chi connectivity index (χ1) is 10.5. The Morgan fingerprint density at radius 2 is 1.82 bits per heavy atom. The van der Waals surface area contributed by atoms with Crippen LogP contribution in [0.1, 0.15) is 39.0 Å². The quantitative estimate of drug-likeness (QED) is 0.187. The van der Waals surface area contributed by atoms with Gasteiger partial charge in [-0.15, -0.1) is 0 Å². The Morgan fingerprint density at radius 1 is 1.14 bits per heavy atom. The summed E-state index contributed by atoms with van der Waals surface area (Å²) in [6.45, 7) is 2.28. The molecule has 0 fully saturated rings. The van der Waals surface area contributed by atoms with Crippen LogP contribution in [0.15, 0.2) is 11.6 Å². The van der Waals surface area contributed by atoms with E-state index in [9.17, 15) is 14.4 Å². The second-order valence-corrected chi connectivity index (χ2v) is 6.24. The summed E-state index contributed by atoms with van der Waals surface area (Å²) in [5.41, 5.74) is 0.363. The molecule has 0 rings (SSSR count). The molecule has 0 aliphatic heterocycles. The molecule has 0 aromatic rings. The van der Waals surface area contributed by atoms with Crippen molar-refractivity contribution in [1.82, 2.24) is 10.6 Å². The van der Waals surface area contributed by atoms with Gasteiger partial charge in [0.25, 0.3) is 0 Å². The molecule has 0 saturated heterocycles. The lowest BCUT2D eigenvalue weighted by Crippen LogP contribution is -2.34. The SMILES string of the molecule is C/C(C=O)=C\C(=O)NCCNC(=O)CCCCC(S)CCS. The number of hydrogen-bond donors (Lipinski definition) is 4. The molecule has 0 bridgehead atoms. The molecule has 126 valence electrons. The number of rotatable bonds is 12. The lowest BCUT2D eigenvalue weighted by molar-refractivity contribution is -0.121. The van der Waals surface area contributed by atoms with Crippen LogP contribution in [0.3, 0.4) is 0 Å². The lowest BCUT2D eigenvalue weighted by atomic mass is 10.1. The Kier molecular flexibility index (Phi) is 13.1. The van der Waals surface area contributed by atoms with Gasteiger partial charge in [0.2, 0.25) is 11.8 Å². The molecule has 2 amide bonds. The highest BCUT2D eigenvalue weighted by Crippen LogP contribution is 2.12. The summed E-state index contributed by atoms with van der Waals surface area (Å²) in [6, 6.07) is 0. The molecule has 1 unspecified atom stereocenters. The van der Waals surface area contributed by atoms with Crippen molar-refractivity contribution in [3.05, 3.63) is 11.6 Å². The molecular weight excluding hydrogens is 320 g/mol. The van der Waals surface area contributed by atoms with E-state index in [4.69, 9.17) is 0 Å². The van der Waals surface area contributed by atoms with E-state index >= 15 is 0 Å². The highest BCUT2D eigenvalue weighted by molar-refractivity contribution is 7.81. The predicted molar refractivity (Wildman–Crippen MR) is 95.6 cm³/mol. The third-order valence-corrected chi connectivity index (χ3v) is 3.72. The van der Waals surface area contributed by atoms with Gasteiger partial charge in [0.15, 0.2) is 0 Å². The van der Waals surface area contributed by atoms with E-state index in [1.54, 1.807) is 6.92 Å². The van der Waals surface area contributed by atoms with Crippen LogP contribution < -0.4 is 10.6 Å². The molecule has 5 nitrogen and oxygen atoms in total. The van der Waals surface area contributed by atoms with E-state index in [-0.39, 0.29) is 11.8 Å². The van der Waals surface area contributed by atoms with Gasteiger partial charge in [-0.05, 0) is 37.5 Å². The molecule has 0 spiro atoms. The van der Waals surface area contributed by atoms with Gasteiger partial charge in [0.05, 0.1) is 0 Å². The highest BCUT2D eigenvalue weighted by Gasteiger charge is 2.04. The average molecular weight is 347 g/mol. The van der Waals surface area contributed by atoms with Gasteiger partial charge in [-0.2, -0.15) is 25.3 Å². The summed E-state index contributed by atoms with van der Waals surface area (Å²) < 4.78 is 0. The van der Waals surface area contributed by atoms with Gasteiger partial charge >= 0.3 is 0 Å². The molecule has 0 heterocycles. The number of nitrogens with one attached hydrogen (secondary N) is 2. The Bertz CT molecular complexity index is 387. The Morgan fingerprint density at radius 3 is 2.45 bits per heavy atom. The lowest BCUT2D eigenvalue weighted by Gasteiger charge is -2.09. The van der Waals surface area contributed by atoms with Gasteiger partial charge in [0, 0.05) is 30.8 Å². The van der Waals surface area contributed by atoms with Crippen molar-refractivity contribution < 1.29 is 14.4 Å². The number of carbonyl (C=O) groups is 3. The third-order valence-electron chi connectivity index (χ3n) is 2.94. The zero-order chi connectivity index (χ0) is 16.8. The van der Waals surface area contributed by atoms with E-state index in [1.807, 2.05) is 0 Å². The predicted octanol–water partition coefficient (Wildman–Crippen LogP) is 1.54. The summed E-state index contributed by atoms with van der Waals surface area (Å²) in [6.07, 6.45) is 6.12. The fraction of sp³-hybridized carbons (Fsp3) is 0.667. The van der Waals surface area contributed by atoms with E-state index in [0.29, 0.717) is 36.6 Å². The van der Waals surface area contributed by atoms with E-state index in [1.165, 1.54) is 6.08 Å². The normalized spacial score (nSPS) is 12.6. The van der Waals surface area contributed by atoms with Crippen molar-refractivity contribution in [2.24, 2.45) is 0 Å². The number of allylic oxidation sites excluding steroid dienone is 1. The molecule has 0 aliphatic rings. The molecule has 22 heavy (non-hydrogen) atoms. The summed E-state index contributed by atoms with van der Waals surface area (Å²) in [4.78, 5) is 33.2. The smallest absolute Gasteiger partial charge is 0.244 e. The molecule has 0 aliphatic carbocycles. The number of hydrogen-bond acceptors (Lipinski definition) is 5. The van der Waals surface area contributed by atoms with Crippen LogP contribution in [0.2, 0.25) is 0 Å². The minimum Gasteiger partial charge on any atom is -0.354 e. The van der Waals surface area contributed by atoms with Crippen molar-refractivity contribution in [3.63, 3.8) is 0 Å². The second kappa shape index (κ2) is 13.7. The molecular formula is C15H26N2O3S2. The van der Waals surface area contributed by atoms with Crippen molar-refractivity contribution in [1.29, 1.82) is 0 Å². The minimum absolute atomic E-state index is 0.0150. The number of unbranched alkanes of at least 4 members (excludes halogenated alkanes) is 1. The van der Waals surface area contributed by atoms with Gasteiger partial charge < -0.3 is 10.6 Å².